The summed E-state index contributed by atoms with van der Waals surface area (Å²) in [6, 6.07) is 17.4. The summed E-state index contributed by atoms with van der Waals surface area (Å²) in [7, 11) is 1.67. The molecule has 0 spiro atoms. The van der Waals surface area contributed by atoms with E-state index in [1.807, 2.05) is 30.3 Å². The van der Waals surface area contributed by atoms with E-state index in [9.17, 15) is 4.79 Å². The van der Waals surface area contributed by atoms with E-state index in [0.29, 0.717) is 11.6 Å². The van der Waals surface area contributed by atoms with E-state index in [2.05, 4.69) is 39.0 Å². The van der Waals surface area contributed by atoms with Crippen LogP contribution in [0.4, 0.5) is 5.69 Å². The smallest absolute Gasteiger partial charge is 0.243 e. The molecule has 3 N–H and O–H groups in total. The van der Waals surface area contributed by atoms with Gasteiger partial charge in [-0.15, -0.1) is 6.42 Å². The second-order valence-corrected chi connectivity index (χ2v) is 5.36. The predicted molar refractivity (Wildman–Crippen MR) is 103 cm³/mol. The number of nitrogens with zero attached hydrogens (tertiary/aromatic N) is 1. The number of carbonyl (C=O) groups excluding carboxylic acids is 1. The molecule has 0 aliphatic rings. The van der Waals surface area contributed by atoms with Crippen LogP contribution < -0.4 is 16.0 Å². The van der Waals surface area contributed by atoms with Gasteiger partial charge in [0, 0.05) is 24.8 Å². The zero-order chi connectivity index (χ0) is 17.9. The number of nitrogens with one attached hydrogen (secondary N) is 3. The van der Waals surface area contributed by atoms with E-state index in [1.54, 1.807) is 19.2 Å². The Hall–Kier alpha value is -3.26. The maximum atomic E-state index is 12.0. The molecule has 25 heavy (non-hydrogen) atoms. The first kappa shape index (κ1) is 18.1. The van der Waals surface area contributed by atoms with Crippen LogP contribution in [0.15, 0.2) is 59.6 Å². The van der Waals surface area contributed by atoms with Gasteiger partial charge in [0.2, 0.25) is 5.91 Å². The quantitative estimate of drug-likeness (QED) is 0.430. The lowest BCUT2D eigenvalue weighted by Gasteiger charge is -2.12. The lowest BCUT2D eigenvalue weighted by atomic mass is 10.1. The van der Waals surface area contributed by atoms with Gasteiger partial charge < -0.3 is 16.0 Å². The van der Waals surface area contributed by atoms with Gasteiger partial charge in [-0.3, -0.25) is 9.79 Å². The van der Waals surface area contributed by atoms with Crippen LogP contribution in [0, 0.1) is 12.3 Å². The number of aliphatic imine (C=N–C) groups is 1. The standard InChI is InChI=1S/C20H22N4O/c1-3-16-10-7-11-18(14-16)24-19(25)15-23-20(21-2)22-13-12-17-8-5-4-6-9-17/h1,4-11,14H,12-13,15H2,2H3,(H,24,25)(H2,21,22,23). The lowest BCUT2D eigenvalue weighted by Crippen LogP contribution is -2.42. The van der Waals surface area contributed by atoms with E-state index in [-0.39, 0.29) is 12.5 Å². The molecule has 0 heterocycles. The molecule has 0 saturated heterocycles. The Balaban J connectivity index is 1.74. The number of rotatable bonds is 6. The zero-order valence-electron chi connectivity index (χ0n) is 14.3. The average Bonchev–Trinajstić information content (AvgIpc) is 2.65. The Bertz CT molecular complexity index is 763. The number of benzene rings is 2. The summed E-state index contributed by atoms with van der Waals surface area (Å²) in [6.45, 7) is 0.848. The maximum Gasteiger partial charge on any atom is 0.243 e. The highest BCUT2D eigenvalue weighted by atomic mass is 16.1. The van der Waals surface area contributed by atoms with E-state index in [1.165, 1.54) is 5.56 Å². The molecule has 0 unspecified atom stereocenters. The van der Waals surface area contributed by atoms with Gasteiger partial charge in [0.05, 0.1) is 6.54 Å². The molecular formula is C20H22N4O. The van der Waals surface area contributed by atoms with Gasteiger partial charge in [0.1, 0.15) is 0 Å². The Kier molecular flexibility index (Phi) is 7.08. The Morgan fingerprint density at radius 3 is 2.64 bits per heavy atom. The summed E-state index contributed by atoms with van der Waals surface area (Å²) in [5, 5.41) is 8.98. The molecule has 0 aliphatic carbocycles. The van der Waals surface area contributed by atoms with Crippen LogP contribution in [0.2, 0.25) is 0 Å². The van der Waals surface area contributed by atoms with Crippen molar-refractivity contribution in [1.29, 1.82) is 0 Å². The third-order valence-corrected chi connectivity index (χ3v) is 3.50. The Morgan fingerprint density at radius 1 is 1.12 bits per heavy atom. The molecule has 2 rings (SSSR count). The molecule has 5 heteroatoms. The molecular weight excluding hydrogens is 312 g/mol. The van der Waals surface area contributed by atoms with Crippen LogP contribution in [0.5, 0.6) is 0 Å². The van der Waals surface area contributed by atoms with Crippen molar-refractivity contribution in [2.75, 3.05) is 25.5 Å². The monoisotopic (exact) mass is 334 g/mol. The van der Waals surface area contributed by atoms with Gasteiger partial charge in [-0.1, -0.05) is 42.3 Å². The molecule has 0 saturated carbocycles. The fourth-order valence-electron chi connectivity index (χ4n) is 2.25. The minimum atomic E-state index is -0.166. The minimum Gasteiger partial charge on any atom is -0.356 e. The molecule has 0 atom stereocenters. The third-order valence-electron chi connectivity index (χ3n) is 3.50. The summed E-state index contributed by atoms with van der Waals surface area (Å²) >= 11 is 0. The van der Waals surface area contributed by atoms with E-state index in [4.69, 9.17) is 6.42 Å². The van der Waals surface area contributed by atoms with Crippen molar-refractivity contribution in [3.63, 3.8) is 0 Å². The molecule has 128 valence electrons. The van der Waals surface area contributed by atoms with Gasteiger partial charge in [0.15, 0.2) is 5.96 Å². The average molecular weight is 334 g/mol. The molecule has 0 fully saturated rings. The van der Waals surface area contributed by atoms with Crippen molar-refractivity contribution in [2.45, 2.75) is 6.42 Å². The maximum absolute atomic E-state index is 12.0. The number of guanidine groups is 1. The summed E-state index contributed by atoms with van der Waals surface area (Å²) < 4.78 is 0. The van der Waals surface area contributed by atoms with Crippen molar-refractivity contribution < 1.29 is 4.79 Å². The molecule has 1 amide bonds. The highest BCUT2D eigenvalue weighted by Crippen LogP contribution is 2.09. The second-order valence-electron chi connectivity index (χ2n) is 5.36. The van der Waals surface area contributed by atoms with Crippen LogP contribution in [-0.2, 0) is 11.2 Å². The Morgan fingerprint density at radius 2 is 1.92 bits per heavy atom. The van der Waals surface area contributed by atoms with E-state index >= 15 is 0 Å². The highest BCUT2D eigenvalue weighted by Gasteiger charge is 2.04. The van der Waals surface area contributed by atoms with Crippen LogP contribution >= 0.6 is 0 Å². The molecule has 0 bridgehead atoms. The van der Waals surface area contributed by atoms with Crippen LogP contribution in [0.25, 0.3) is 0 Å². The van der Waals surface area contributed by atoms with Crippen molar-refractivity contribution in [1.82, 2.24) is 10.6 Å². The van der Waals surface area contributed by atoms with Gasteiger partial charge in [0.25, 0.3) is 0 Å². The van der Waals surface area contributed by atoms with Crippen LogP contribution in [0.3, 0.4) is 0 Å². The van der Waals surface area contributed by atoms with Gasteiger partial charge in [-0.2, -0.15) is 0 Å². The van der Waals surface area contributed by atoms with Gasteiger partial charge in [-0.25, -0.2) is 0 Å². The van der Waals surface area contributed by atoms with Crippen LogP contribution in [-0.4, -0.2) is 32.0 Å². The van der Waals surface area contributed by atoms with Crippen molar-refractivity contribution in [3.05, 3.63) is 65.7 Å². The lowest BCUT2D eigenvalue weighted by molar-refractivity contribution is -0.115. The largest absolute Gasteiger partial charge is 0.356 e. The summed E-state index contributed by atoms with van der Waals surface area (Å²) in [4.78, 5) is 16.1. The second kappa shape index (κ2) is 9.78. The molecule has 0 aliphatic heterocycles. The van der Waals surface area contributed by atoms with E-state index < -0.39 is 0 Å². The molecule has 0 radical (unpaired) electrons. The summed E-state index contributed by atoms with van der Waals surface area (Å²) in [5.74, 6) is 2.96. The first-order valence-electron chi connectivity index (χ1n) is 8.06. The molecule has 2 aromatic rings. The van der Waals surface area contributed by atoms with Crippen molar-refractivity contribution in [3.8, 4) is 12.3 Å². The summed E-state index contributed by atoms with van der Waals surface area (Å²) in [5.41, 5.74) is 2.65. The molecule has 5 nitrogen and oxygen atoms in total. The SMILES string of the molecule is C#Cc1cccc(NC(=O)CNC(=NC)NCCc2ccccc2)c1. The van der Waals surface area contributed by atoms with Gasteiger partial charge >= 0.3 is 0 Å². The van der Waals surface area contributed by atoms with Crippen molar-refractivity contribution in [2.24, 2.45) is 4.99 Å². The number of hydrogen-bond acceptors (Lipinski definition) is 2. The normalized spacial score (nSPS) is 10.6. The van der Waals surface area contributed by atoms with Crippen LogP contribution in [0.1, 0.15) is 11.1 Å². The fraction of sp³-hybridized carbons (Fsp3) is 0.200. The number of terminal acetylenes is 1. The van der Waals surface area contributed by atoms with Gasteiger partial charge in [-0.05, 0) is 30.2 Å². The number of anilines is 1. The molecule has 2 aromatic carbocycles. The Labute approximate surface area is 148 Å². The summed E-state index contributed by atoms with van der Waals surface area (Å²) in [6.07, 6.45) is 6.24. The fourth-order valence-corrected chi connectivity index (χ4v) is 2.25. The topological polar surface area (TPSA) is 65.5 Å². The third kappa shape index (κ3) is 6.40. The van der Waals surface area contributed by atoms with E-state index in [0.717, 1.165) is 18.5 Å². The minimum absolute atomic E-state index is 0.116. The first-order valence-corrected chi connectivity index (χ1v) is 8.06. The first-order chi connectivity index (χ1) is 12.2. The van der Waals surface area contributed by atoms with Crippen molar-refractivity contribution >= 4 is 17.6 Å². The number of amides is 1. The molecule has 0 aromatic heterocycles. The predicted octanol–water partition coefficient (Wildman–Crippen LogP) is 2.01. The number of hydrogen-bond donors (Lipinski definition) is 3. The highest BCUT2D eigenvalue weighted by molar-refractivity contribution is 5.95. The number of carbonyl (C=O) groups is 1. The zero-order valence-corrected chi connectivity index (χ0v) is 14.3.